The lowest BCUT2D eigenvalue weighted by molar-refractivity contribution is -0.173. The van der Waals surface area contributed by atoms with E-state index in [9.17, 15) is 31.2 Å². The van der Waals surface area contributed by atoms with Gasteiger partial charge in [0.05, 0.1) is 6.26 Å². The van der Waals surface area contributed by atoms with Crippen LogP contribution < -0.4 is 15.4 Å². The molecule has 0 aliphatic heterocycles. The Kier molecular flexibility index (Phi) is 6.29. The molecule has 0 aliphatic rings. The van der Waals surface area contributed by atoms with Crippen LogP contribution in [0, 0.1) is 0 Å². The summed E-state index contributed by atoms with van der Waals surface area (Å²) in [6, 6.07) is 11.6. The maximum Gasteiger partial charge on any atom is 0.471 e. The van der Waals surface area contributed by atoms with Crippen LogP contribution in [-0.2, 0) is 21.4 Å². The van der Waals surface area contributed by atoms with Crippen molar-refractivity contribution in [2.45, 2.75) is 12.7 Å². The van der Waals surface area contributed by atoms with Crippen molar-refractivity contribution in [3.05, 3.63) is 59.7 Å². The average Bonchev–Trinajstić information content (AvgIpc) is 2.58. The molecule has 0 aromatic heterocycles. The number of sulfonamides is 1. The zero-order valence-electron chi connectivity index (χ0n) is 14.5. The minimum absolute atomic E-state index is 0.245. The summed E-state index contributed by atoms with van der Waals surface area (Å²) in [5, 5.41) is 4.31. The molecule has 0 spiro atoms. The van der Waals surface area contributed by atoms with Gasteiger partial charge in [-0.2, -0.15) is 13.2 Å². The molecule has 2 rings (SSSR count). The van der Waals surface area contributed by atoms with Gasteiger partial charge in [0.1, 0.15) is 0 Å². The topological polar surface area (TPSA) is 104 Å². The lowest BCUT2D eigenvalue weighted by atomic mass is 10.1. The third-order valence-electron chi connectivity index (χ3n) is 3.35. The van der Waals surface area contributed by atoms with Crippen LogP contribution in [0.4, 0.5) is 24.5 Å². The number of carbonyl (C=O) groups excluding carboxylic acids is 2. The monoisotopic (exact) mass is 415 g/mol. The minimum Gasteiger partial charge on any atom is -0.344 e. The van der Waals surface area contributed by atoms with Crippen LogP contribution in [-0.4, -0.2) is 32.7 Å². The lowest BCUT2D eigenvalue weighted by Gasteiger charge is -2.10. The molecule has 11 heteroatoms. The maximum atomic E-state index is 12.3. The van der Waals surface area contributed by atoms with Crippen LogP contribution in [0.3, 0.4) is 0 Å². The van der Waals surface area contributed by atoms with Gasteiger partial charge in [-0.3, -0.25) is 14.3 Å². The fourth-order valence-electron chi connectivity index (χ4n) is 2.15. The molecule has 7 nitrogen and oxygen atoms in total. The van der Waals surface area contributed by atoms with Crippen LogP contribution in [0.25, 0.3) is 0 Å². The Morgan fingerprint density at radius 1 is 1.00 bits per heavy atom. The van der Waals surface area contributed by atoms with Gasteiger partial charge in [0.25, 0.3) is 5.91 Å². The van der Waals surface area contributed by atoms with Crippen molar-refractivity contribution in [2.75, 3.05) is 16.3 Å². The summed E-state index contributed by atoms with van der Waals surface area (Å²) in [7, 11) is -3.44. The van der Waals surface area contributed by atoms with E-state index in [0.717, 1.165) is 6.26 Å². The summed E-state index contributed by atoms with van der Waals surface area (Å²) >= 11 is 0. The van der Waals surface area contributed by atoms with Crippen molar-refractivity contribution in [1.82, 2.24) is 5.32 Å². The normalized spacial score (nSPS) is 11.6. The molecule has 0 unspecified atom stereocenters. The number of rotatable bonds is 6. The van der Waals surface area contributed by atoms with Gasteiger partial charge >= 0.3 is 12.1 Å². The Morgan fingerprint density at radius 2 is 1.64 bits per heavy atom. The van der Waals surface area contributed by atoms with E-state index < -0.39 is 28.0 Å². The van der Waals surface area contributed by atoms with Gasteiger partial charge in [0, 0.05) is 23.5 Å². The zero-order valence-corrected chi connectivity index (χ0v) is 15.3. The van der Waals surface area contributed by atoms with Crippen molar-refractivity contribution >= 4 is 33.2 Å². The second kappa shape index (κ2) is 8.30. The van der Waals surface area contributed by atoms with Crippen molar-refractivity contribution in [2.24, 2.45) is 0 Å². The van der Waals surface area contributed by atoms with Crippen LogP contribution >= 0.6 is 0 Å². The van der Waals surface area contributed by atoms with Gasteiger partial charge in [-0.05, 0) is 42.0 Å². The maximum absolute atomic E-state index is 12.3. The number of amides is 2. The van der Waals surface area contributed by atoms with Crippen LogP contribution in [0.2, 0.25) is 0 Å². The van der Waals surface area contributed by atoms with Crippen molar-refractivity contribution in [3.63, 3.8) is 0 Å². The van der Waals surface area contributed by atoms with Crippen LogP contribution in [0.5, 0.6) is 0 Å². The van der Waals surface area contributed by atoms with E-state index in [-0.39, 0.29) is 12.1 Å². The average molecular weight is 415 g/mol. The molecule has 0 bridgehead atoms. The highest BCUT2D eigenvalue weighted by atomic mass is 32.2. The summed E-state index contributed by atoms with van der Waals surface area (Å²) < 4.78 is 61.2. The number of benzene rings is 2. The molecule has 0 radical (unpaired) electrons. The molecule has 0 fully saturated rings. The highest BCUT2D eigenvalue weighted by Gasteiger charge is 2.38. The first-order chi connectivity index (χ1) is 12.9. The number of carbonyl (C=O) groups is 2. The Morgan fingerprint density at radius 3 is 2.21 bits per heavy atom. The Balaban J connectivity index is 2.01. The van der Waals surface area contributed by atoms with Gasteiger partial charge in [-0.15, -0.1) is 0 Å². The molecule has 2 aromatic carbocycles. The molecule has 2 aromatic rings. The highest BCUT2D eigenvalue weighted by molar-refractivity contribution is 7.92. The Bertz CT molecular complexity index is 974. The molecule has 3 N–H and O–H groups in total. The molecule has 0 atom stereocenters. The standard InChI is InChI=1S/C17H16F3N3O4S/c1-28(26,27)23-13-7-5-12(6-8-13)15(24)22-14-4-2-3-11(9-14)10-21-16(25)17(18,19)20/h2-9,23H,10H2,1H3,(H,21,25)(H,22,24). The molecule has 0 heterocycles. The molecule has 150 valence electrons. The third kappa shape index (κ3) is 6.58. The van der Waals surface area contributed by atoms with E-state index >= 15 is 0 Å². The quantitative estimate of drug-likeness (QED) is 0.674. The van der Waals surface area contributed by atoms with E-state index in [0.29, 0.717) is 16.9 Å². The zero-order chi connectivity index (χ0) is 20.9. The van der Waals surface area contributed by atoms with Gasteiger partial charge in [0.2, 0.25) is 10.0 Å². The van der Waals surface area contributed by atoms with E-state index in [4.69, 9.17) is 0 Å². The number of alkyl halides is 3. The highest BCUT2D eigenvalue weighted by Crippen LogP contribution is 2.17. The van der Waals surface area contributed by atoms with Gasteiger partial charge in [-0.1, -0.05) is 12.1 Å². The SMILES string of the molecule is CS(=O)(=O)Nc1ccc(C(=O)Nc2cccc(CNC(=O)C(F)(F)F)c2)cc1. The second-order valence-corrected chi connectivity index (χ2v) is 7.53. The summed E-state index contributed by atoms with van der Waals surface area (Å²) in [4.78, 5) is 23.1. The number of hydrogen-bond donors (Lipinski definition) is 3. The fourth-order valence-corrected chi connectivity index (χ4v) is 2.71. The Hall–Kier alpha value is -3.08. The minimum atomic E-state index is -4.97. The third-order valence-corrected chi connectivity index (χ3v) is 3.95. The molecule has 28 heavy (non-hydrogen) atoms. The Labute approximate surface area is 159 Å². The summed E-state index contributed by atoms with van der Waals surface area (Å²) in [6.07, 6.45) is -3.97. The number of nitrogens with one attached hydrogen (secondary N) is 3. The molecule has 0 saturated carbocycles. The van der Waals surface area contributed by atoms with Crippen LogP contribution in [0.15, 0.2) is 48.5 Å². The van der Waals surface area contributed by atoms with Crippen molar-refractivity contribution < 1.29 is 31.2 Å². The first kappa shape index (κ1) is 21.2. The fraction of sp³-hybridized carbons (Fsp3) is 0.176. The number of halogens is 3. The van der Waals surface area contributed by atoms with E-state index in [2.05, 4.69) is 10.0 Å². The smallest absolute Gasteiger partial charge is 0.344 e. The van der Waals surface area contributed by atoms with Crippen LogP contribution in [0.1, 0.15) is 15.9 Å². The predicted octanol–water partition coefficient (Wildman–Crippen LogP) is 2.49. The largest absolute Gasteiger partial charge is 0.471 e. The van der Waals surface area contributed by atoms with E-state index in [1.165, 1.54) is 48.5 Å². The van der Waals surface area contributed by atoms with Gasteiger partial charge < -0.3 is 10.6 Å². The van der Waals surface area contributed by atoms with Crippen molar-refractivity contribution in [3.8, 4) is 0 Å². The predicted molar refractivity (Wildman–Crippen MR) is 97.2 cm³/mol. The molecule has 0 aliphatic carbocycles. The first-order valence-corrected chi connectivity index (χ1v) is 9.66. The molecule has 2 amide bonds. The first-order valence-electron chi connectivity index (χ1n) is 7.77. The molecular weight excluding hydrogens is 399 g/mol. The van der Waals surface area contributed by atoms with Gasteiger partial charge in [0.15, 0.2) is 0 Å². The molecular formula is C17H16F3N3O4S. The number of anilines is 2. The van der Waals surface area contributed by atoms with E-state index in [1.54, 1.807) is 5.32 Å². The number of hydrogen-bond acceptors (Lipinski definition) is 4. The van der Waals surface area contributed by atoms with E-state index in [1.807, 2.05) is 0 Å². The summed E-state index contributed by atoms with van der Waals surface area (Å²) in [6.45, 7) is -0.353. The summed E-state index contributed by atoms with van der Waals surface area (Å²) in [5.41, 5.74) is 1.22. The molecule has 0 saturated heterocycles. The van der Waals surface area contributed by atoms with Crippen molar-refractivity contribution in [1.29, 1.82) is 0 Å². The second-order valence-electron chi connectivity index (χ2n) is 5.79. The van der Waals surface area contributed by atoms with Gasteiger partial charge in [-0.25, -0.2) is 8.42 Å². The lowest BCUT2D eigenvalue weighted by Crippen LogP contribution is -2.36. The summed E-state index contributed by atoms with van der Waals surface area (Å²) in [5.74, 6) is -2.55.